The van der Waals surface area contributed by atoms with Crippen LogP contribution in [0.25, 0.3) is 11.8 Å². The number of thioether (sulfide) groups is 1. The Balaban J connectivity index is 1.62. The van der Waals surface area contributed by atoms with Gasteiger partial charge < -0.3 is 19.4 Å². The van der Waals surface area contributed by atoms with E-state index in [0.29, 0.717) is 33.8 Å². The summed E-state index contributed by atoms with van der Waals surface area (Å²) in [7, 11) is 1.48. The minimum Gasteiger partial charge on any atom is -0.494 e. The number of rotatable bonds is 7. The van der Waals surface area contributed by atoms with Crippen LogP contribution < -0.4 is 14.8 Å². The quantitative estimate of drug-likeness (QED) is 0.272. The van der Waals surface area contributed by atoms with Crippen LogP contribution in [0.15, 0.2) is 58.4 Å². The van der Waals surface area contributed by atoms with E-state index in [9.17, 15) is 14.9 Å². The number of ether oxygens (including phenoxy) is 2. The molecule has 9 nitrogen and oxygen atoms in total. The van der Waals surface area contributed by atoms with Crippen LogP contribution in [0.3, 0.4) is 0 Å². The normalized spacial score (nSPS) is 15.5. The van der Waals surface area contributed by atoms with Crippen molar-refractivity contribution >= 4 is 40.3 Å². The van der Waals surface area contributed by atoms with Gasteiger partial charge in [0, 0.05) is 17.5 Å². The summed E-state index contributed by atoms with van der Waals surface area (Å²) in [5, 5.41) is 14.4. The number of hydrogen-bond donors (Lipinski definition) is 1. The van der Waals surface area contributed by atoms with Crippen molar-refractivity contribution in [2.45, 2.75) is 20.8 Å². The molecule has 4 rings (SSSR count). The highest BCUT2D eigenvalue weighted by Gasteiger charge is 2.25. The van der Waals surface area contributed by atoms with Gasteiger partial charge >= 0.3 is 0 Å². The van der Waals surface area contributed by atoms with Crippen LogP contribution in [0, 0.1) is 24.0 Å². The Kier molecular flexibility index (Phi) is 6.92. The minimum atomic E-state index is -0.458. The average molecular weight is 493 g/mol. The zero-order valence-electron chi connectivity index (χ0n) is 19.7. The van der Waals surface area contributed by atoms with Crippen LogP contribution in [0.4, 0.5) is 11.4 Å². The highest BCUT2D eigenvalue weighted by Crippen LogP contribution is 2.34. The Labute approximate surface area is 206 Å². The third-order valence-corrected chi connectivity index (χ3v) is 6.31. The number of non-ortho nitro benzene ring substituents is 1. The van der Waals surface area contributed by atoms with Gasteiger partial charge in [-0.2, -0.15) is 0 Å². The predicted octanol–water partition coefficient (Wildman–Crippen LogP) is 5.30. The van der Waals surface area contributed by atoms with Crippen molar-refractivity contribution in [1.29, 1.82) is 0 Å². The number of aliphatic imine (C=N–C) groups is 1. The van der Waals surface area contributed by atoms with E-state index in [1.54, 1.807) is 6.07 Å². The first-order valence-corrected chi connectivity index (χ1v) is 11.7. The molecule has 1 aliphatic rings. The van der Waals surface area contributed by atoms with Crippen LogP contribution in [0.1, 0.15) is 23.9 Å². The number of carbonyl (C=O) groups is 1. The van der Waals surface area contributed by atoms with Crippen molar-refractivity contribution in [3.63, 3.8) is 0 Å². The zero-order valence-corrected chi connectivity index (χ0v) is 20.5. The second-order valence-corrected chi connectivity index (χ2v) is 8.71. The summed E-state index contributed by atoms with van der Waals surface area (Å²) >= 11 is 1.27. The summed E-state index contributed by atoms with van der Waals surface area (Å²) in [6.45, 7) is 6.36. The Hall–Kier alpha value is -4.05. The number of nitrogens with one attached hydrogen (secondary N) is 1. The van der Waals surface area contributed by atoms with Gasteiger partial charge in [-0.05, 0) is 80.6 Å². The lowest BCUT2D eigenvalue weighted by molar-refractivity contribution is -0.384. The zero-order chi connectivity index (χ0) is 25.1. The monoisotopic (exact) mass is 492 g/mol. The van der Waals surface area contributed by atoms with E-state index in [0.717, 1.165) is 22.7 Å². The summed E-state index contributed by atoms with van der Waals surface area (Å²) in [6.07, 6.45) is 1.82. The number of nitro groups is 1. The fraction of sp³-hybridized carbons (Fsp3) is 0.200. The summed E-state index contributed by atoms with van der Waals surface area (Å²) in [5.74, 6) is 0.926. The van der Waals surface area contributed by atoms with Gasteiger partial charge in [0.1, 0.15) is 11.5 Å². The van der Waals surface area contributed by atoms with Gasteiger partial charge in [-0.3, -0.25) is 14.9 Å². The van der Waals surface area contributed by atoms with Crippen molar-refractivity contribution in [3.05, 3.63) is 80.5 Å². The van der Waals surface area contributed by atoms with E-state index in [-0.39, 0.29) is 11.6 Å². The van der Waals surface area contributed by atoms with E-state index >= 15 is 0 Å². The maximum absolute atomic E-state index is 12.6. The maximum atomic E-state index is 12.6. The van der Waals surface area contributed by atoms with Crippen LogP contribution in [-0.4, -0.2) is 34.3 Å². The molecule has 1 amide bonds. The number of methoxy groups -OCH3 is 1. The first kappa shape index (κ1) is 24.1. The molecule has 180 valence electrons. The molecule has 1 N–H and O–H groups in total. The molecule has 0 bridgehead atoms. The number of aromatic nitrogens is 1. The molecule has 2 heterocycles. The molecule has 1 aliphatic heterocycles. The number of nitrogens with zero attached hydrogens (tertiary/aromatic N) is 3. The Bertz CT molecular complexity index is 1360. The van der Waals surface area contributed by atoms with Crippen LogP contribution in [0.2, 0.25) is 0 Å². The molecule has 10 heteroatoms. The third-order valence-electron chi connectivity index (χ3n) is 5.40. The highest BCUT2D eigenvalue weighted by molar-refractivity contribution is 8.18. The third kappa shape index (κ3) is 5.07. The summed E-state index contributed by atoms with van der Waals surface area (Å²) in [4.78, 5) is 28.3. The van der Waals surface area contributed by atoms with E-state index in [1.807, 2.05) is 61.7 Å². The standard InChI is InChI=1S/C25H24N4O5S/c1-5-34-20-9-6-18(7-10-20)26-25-27-24(30)23(35-25)13-17-12-15(2)28(16(17)3)21-11-8-19(29(31)32)14-22(21)33-4/h6-14H,5H2,1-4H3,(H,26,27,30)/b23-13+. The summed E-state index contributed by atoms with van der Waals surface area (Å²) < 4.78 is 12.8. The van der Waals surface area contributed by atoms with Crippen LogP contribution in [-0.2, 0) is 4.79 Å². The van der Waals surface area contributed by atoms with E-state index < -0.39 is 4.92 Å². The average Bonchev–Trinajstić information content (AvgIpc) is 3.32. The number of hydrogen-bond acceptors (Lipinski definition) is 7. The van der Waals surface area contributed by atoms with Gasteiger partial charge in [0.15, 0.2) is 5.17 Å². The number of amides is 1. The number of benzene rings is 2. The molecule has 1 fully saturated rings. The van der Waals surface area contributed by atoms with Gasteiger partial charge in [-0.25, -0.2) is 4.99 Å². The fourth-order valence-corrected chi connectivity index (χ4v) is 4.62. The molecule has 0 atom stereocenters. The van der Waals surface area contributed by atoms with Crippen molar-refractivity contribution in [1.82, 2.24) is 9.88 Å². The first-order chi connectivity index (χ1) is 16.8. The Morgan fingerprint density at radius 1 is 1.17 bits per heavy atom. The number of carbonyl (C=O) groups excluding carboxylic acids is 1. The topological polar surface area (TPSA) is 108 Å². The Morgan fingerprint density at radius 3 is 2.57 bits per heavy atom. The number of aryl methyl sites for hydroxylation is 1. The second-order valence-electron chi connectivity index (χ2n) is 7.68. The van der Waals surface area contributed by atoms with E-state index in [2.05, 4.69) is 10.3 Å². The Morgan fingerprint density at radius 2 is 1.91 bits per heavy atom. The van der Waals surface area contributed by atoms with Gasteiger partial charge in [-0.15, -0.1) is 0 Å². The number of nitro benzene ring substituents is 1. The molecule has 0 aliphatic carbocycles. The van der Waals surface area contributed by atoms with E-state index in [1.165, 1.54) is 31.0 Å². The van der Waals surface area contributed by atoms with Gasteiger partial charge in [0.05, 0.1) is 41.0 Å². The van der Waals surface area contributed by atoms with Gasteiger partial charge in [0.2, 0.25) is 0 Å². The fourth-order valence-electron chi connectivity index (χ4n) is 3.79. The summed E-state index contributed by atoms with van der Waals surface area (Å²) in [5.41, 5.74) is 3.96. The lowest BCUT2D eigenvalue weighted by atomic mass is 10.2. The van der Waals surface area contributed by atoms with Crippen molar-refractivity contribution in [3.8, 4) is 17.2 Å². The lowest BCUT2D eigenvalue weighted by Crippen LogP contribution is -2.19. The predicted molar refractivity (Wildman–Crippen MR) is 137 cm³/mol. The summed E-state index contributed by atoms with van der Waals surface area (Å²) in [6, 6.07) is 13.8. The van der Waals surface area contributed by atoms with Gasteiger partial charge in [0.25, 0.3) is 11.6 Å². The molecule has 1 aromatic heterocycles. The molecule has 0 radical (unpaired) electrons. The molecule has 35 heavy (non-hydrogen) atoms. The molecule has 3 aromatic rings. The molecule has 2 aromatic carbocycles. The van der Waals surface area contributed by atoms with Crippen molar-refractivity contribution < 1.29 is 19.2 Å². The molecule has 1 saturated heterocycles. The smallest absolute Gasteiger partial charge is 0.273 e. The van der Waals surface area contributed by atoms with Crippen molar-refractivity contribution in [2.75, 3.05) is 13.7 Å². The second kappa shape index (κ2) is 10.1. The maximum Gasteiger partial charge on any atom is 0.273 e. The van der Waals surface area contributed by atoms with Crippen molar-refractivity contribution in [2.24, 2.45) is 4.99 Å². The SMILES string of the molecule is CCOc1ccc(N=C2NC(=O)/C(=C\c3cc(C)n(-c4ccc([N+](=O)[O-])cc4OC)c3C)S2)cc1. The molecular formula is C25H24N4O5S. The first-order valence-electron chi connectivity index (χ1n) is 10.8. The largest absolute Gasteiger partial charge is 0.494 e. The molecule has 0 saturated carbocycles. The molecular weight excluding hydrogens is 468 g/mol. The number of amidine groups is 1. The van der Waals surface area contributed by atoms with E-state index in [4.69, 9.17) is 9.47 Å². The highest BCUT2D eigenvalue weighted by atomic mass is 32.2. The minimum absolute atomic E-state index is 0.0474. The lowest BCUT2D eigenvalue weighted by Gasteiger charge is -2.13. The van der Waals surface area contributed by atoms with Crippen LogP contribution in [0.5, 0.6) is 11.5 Å². The molecule has 0 spiro atoms. The van der Waals surface area contributed by atoms with Crippen LogP contribution >= 0.6 is 11.8 Å². The van der Waals surface area contributed by atoms with Gasteiger partial charge in [-0.1, -0.05) is 0 Å². The molecule has 0 unspecified atom stereocenters.